The normalized spacial score (nSPS) is 10.8. The summed E-state index contributed by atoms with van der Waals surface area (Å²) in [5.41, 5.74) is -0.0310. The Balaban J connectivity index is 1.68. The van der Waals surface area contributed by atoms with Crippen molar-refractivity contribution in [2.24, 2.45) is 0 Å². The molecule has 0 fully saturated rings. The van der Waals surface area contributed by atoms with Gasteiger partial charge in [0.05, 0.1) is 17.4 Å². The number of aromatic amines is 1. The summed E-state index contributed by atoms with van der Waals surface area (Å²) in [6, 6.07) is 4.01. The third kappa shape index (κ3) is 3.14. The summed E-state index contributed by atoms with van der Waals surface area (Å²) in [6.45, 7) is 0.436. The maximum atomic E-state index is 12.2. The van der Waals surface area contributed by atoms with Crippen LogP contribution in [0.2, 0.25) is 0 Å². The average Bonchev–Trinajstić information content (AvgIpc) is 2.98. The Hall–Kier alpha value is -2.94. The van der Waals surface area contributed by atoms with Crippen LogP contribution in [0, 0.1) is 0 Å². The molecule has 0 aromatic carbocycles. The Morgan fingerprint density at radius 2 is 2.22 bits per heavy atom. The van der Waals surface area contributed by atoms with Gasteiger partial charge in [-0.1, -0.05) is 0 Å². The third-order valence-corrected chi connectivity index (χ3v) is 4.06. The van der Waals surface area contributed by atoms with Crippen molar-refractivity contribution in [2.75, 3.05) is 6.54 Å². The molecule has 0 aliphatic carbocycles. The quantitative estimate of drug-likeness (QED) is 0.634. The van der Waals surface area contributed by atoms with E-state index in [0.717, 1.165) is 12.1 Å². The van der Waals surface area contributed by atoms with Crippen LogP contribution >= 0.6 is 11.3 Å². The maximum Gasteiger partial charge on any atom is 0.271 e. The minimum absolute atomic E-state index is 0.0467. The fourth-order valence-electron chi connectivity index (χ4n) is 2.09. The second-order valence-electron chi connectivity index (χ2n) is 4.75. The van der Waals surface area contributed by atoms with E-state index in [1.807, 2.05) is 0 Å². The second-order valence-corrected chi connectivity index (χ2v) is 5.67. The number of carbonyl (C=O) groups is 1. The highest BCUT2D eigenvalue weighted by atomic mass is 32.1. The Morgan fingerprint density at radius 3 is 3.00 bits per heavy atom. The summed E-state index contributed by atoms with van der Waals surface area (Å²) < 4.78 is 1.98. The van der Waals surface area contributed by atoms with Crippen LogP contribution in [0.1, 0.15) is 10.4 Å². The highest BCUT2D eigenvalue weighted by molar-refractivity contribution is 7.17. The fourth-order valence-corrected chi connectivity index (χ4v) is 2.88. The number of thiophene rings is 1. The molecule has 8 nitrogen and oxygen atoms in total. The number of rotatable bonds is 4. The maximum absolute atomic E-state index is 12.2. The molecule has 3 aromatic rings. The van der Waals surface area contributed by atoms with E-state index in [9.17, 15) is 19.5 Å². The van der Waals surface area contributed by atoms with E-state index >= 15 is 0 Å². The molecule has 0 aliphatic heterocycles. The van der Waals surface area contributed by atoms with Gasteiger partial charge in [0.25, 0.3) is 17.0 Å². The molecule has 0 bridgehead atoms. The topological polar surface area (TPSA) is 117 Å². The molecule has 0 unspecified atom stereocenters. The molecule has 0 saturated heterocycles. The first-order chi connectivity index (χ1) is 11.0. The van der Waals surface area contributed by atoms with Crippen LogP contribution in [0.5, 0.6) is 5.88 Å². The van der Waals surface area contributed by atoms with Crippen molar-refractivity contribution in [2.45, 2.75) is 6.54 Å². The van der Waals surface area contributed by atoms with E-state index in [1.54, 1.807) is 11.4 Å². The number of amides is 1. The molecular weight excluding hydrogens is 320 g/mol. The highest BCUT2D eigenvalue weighted by Crippen LogP contribution is 2.12. The van der Waals surface area contributed by atoms with Gasteiger partial charge in [0.2, 0.25) is 0 Å². The fraction of sp³-hybridized carbons (Fsp3) is 0.143. The van der Waals surface area contributed by atoms with Crippen molar-refractivity contribution in [3.8, 4) is 5.88 Å². The first kappa shape index (κ1) is 15.0. The molecule has 9 heteroatoms. The van der Waals surface area contributed by atoms with E-state index in [-0.39, 0.29) is 30.1 Å². The molecule has 23 heavy (non-hydrogen) atoms. The number of H-pyrrole nitrogens is 1. The first-order valence-corrected chi connectivity index (χ1v) is 7.57. The van der Waals surface area contributed by atoms with E-state index in [4.69, 9.17) is 0 Å². The van der Waals surface area contributed by atoms with Gasteiger partial charge in [-0.15, -0.1) is 11.3 Å². The predicted molar refractivity (Wildman–Crippen MR) is 84.9 cm³/mol. The van der Waals surface area contributed by atoms with Crippen molar-refractivity contribution in [3.63, 3.8) is 0 Å². The van der Waals surface area contributed by atoms with Crippen molar-refractivity contribution < 1.29 is 9.90 Å². The van der Waals surface area contributed by atoms with Crippen LogP contribution < -0.4 is 16.4 Å². The molecule has 3 rings (SSSR count). The molecule has 0 spiro atoms. The van der Waals surface area contributed by atoms with Gasteiger partial charge in [0.15, 0.2) is 5.88 Å². The van der Waals surface area contributed by atoms with Crippen LogP contribution in [0.25, 0.3) is 10.2 Å². The smallest absolute Gasteiger partial charge is 0.271 e. The van der Waals surface area contributed by atoms with Crippen LogP contribution in [0.4, 0.5) is 0 Å². The van der Waals surface area contributed by atoms with E-state index in [2.05, 4.69) is 15.3 Å². The van der Waals surface area contributed by atoms with Gasteiger partial charge in [-0.2, -0.15) is 0 Å². The van der Waals surface area contributed by atoms with Crippen LogP contribution in [-0.4, -0.2) is 32.1 Å². The molecular formula is C14H12N4O4S. The Bertz CT molecular complexity index is 988. The molecule has 0 radical (unpaired) electrons. The number of hydrogen-bond donors (Lipinski definition) is 3. The molecule has 0 atom stereocenters. The second kappa shape index (κ2) is 6.05. The lowest BCUT2D eigenvalue weighted by molar-refractivity contribution is 0.0951. The van der Waals surface area contributed by atoms with Gasteiger partial charge in [-0.25, -0.2) is 4.98 Å². The largest absolute Gasteiger partial charge is 0.494 e. The number of hydrogen-bond acceptors (Lipinski definition) is 6. The molecule has 0 aliphatic rings. The zero-order valence-electron chi connectivity index (χ0n) is 11.8. The van der Waals surface area contributed by atoms with Gasteiger partial charge >= 0.3 is 0 Å². The van der Waals surface area contributed by atoms with Crippen molar-refractivity contribution >= 4 is 27.5 Å². The number of aromatic nitrogens is 3. The Morgan fingerprint density at radius 1 is 1.39 bits per heavy atom. The zero-order valence-corrected chi connectivity index (χ0v) is 12.6. The van der Waals surface area contributed by atoms with Crippen LogP contribution in [-0.2, 0) is 6.54 Å². The van der Waals surface area contributed by atoms with Crippen molar-refractivity contribution in [3.05, 3.63) is 56.2 Å². The number of carbonyl (C=O) groups excluding carboxylic acids is 1. The standard InChI is InChI=1S/C14H12N4O4S/c19-10-5-8(6-11(20)17-10)13(21)15-2-3-18-7-16-9-1-4-23-12(9)14(18)22/h1,4-7H,2-3H2,(H,15,21)(H2,17,19,20). The SMILES string of the molecule is O=C(NCCn1cnc2ccsc2c1=O)c1cc(O)[nH]c(=O)c1. The summed E-state index contributed by atoms with van der Waals surface area (Å²) in [6.07, 6.45) is 1.43. The van der Waals surface area contributed by atoms with Gasteiger partial charge in [-0.3, -0.25) is 23.9 Å². The summed E-state index contributed by atoms with van der Waals surface area (Å²) in [5.74, 6) is -0.893. The van der Waals surface area contributed by atoms with Crippen LogP contribution in [0.3, 0.4) is 0 Å². The van der Waals surface area contributed by atoms with Crippen molar-refractivity contribution in [1.82, 2.24) is 19.9 Å². The number of pyridine rings is 1. The Labute approximate surface area is 133 Å². The van der Waals surface area contributed by atoms with E-state index in [0.29, 0.717) is 10.2 Å². The summed E-state index contributed by atoms with van der Waals surface area (Å²) >= 11 is 1.32. The van der Waals surface area contributed by atoms with Gasteiger partial charge in [0, 0.05) is 25.2 Å². The lowest BCUT2D eigenvalue weighted by Crippen LogP contribution is -2.31. The number of nitrogens with zero attached hydrogens (tertiary/aromatic N) is 2. The minimum Gasteiger partial charge on any atom is -0.494 e. The molecule has 0 saturated carbocycles. The summed E-state index contributed by atoms with van der Waals surface area (Å²) in [7, 11) is 0. The minimum atomic E-state index is -0.571. The number of aromatic hydroxyl groups is 1. The van der Waals surface area contributed by atoms with Crippen molar-refractivity contribution in [1.29, 1.82) is 0 Å². The zero-order chi connectivity index (χ0) is 16.4. The molecule has 3 heterocycles. The van der Waals surface area contributed by atoms with E-state index in [1.165, 1.54) is 22.2 Å². The van der Waals surface area contributed by atoms with Gasteiger partial charge < -0.3 is 10.4 Å². The van der Waals surface area contributed by atoms with Crippen LogP contribution in [0.15, 0.2) is 39.5 Å². The van der Waals surface area contributed by atoms with Gasteiger partial charge in [-0.05, 0) is 11.4 Å². The number of fused-ring (bicyclic) bond motifs is 1. The average molecular weight is 332 g/mol. The van der Waals surface area contributed by atoms with E-state index < -0.39 is 11.5 Å². The van der Waals surface area contributed by atoms with Gasteiger partial charge in [0.1, 0.15) is 4.70 Å². The molecule has 3 N–H and O–H groups in total. The summed E-state index contributed by atoms with van der Waals surface area (Å²) in [4.78, 5) is 41.6. The number of nitrogens with one attached hydrogen (secondary N) is 2. The first-order valence-electron chi connectivity index (χ1n) is 6.69. The molecule has 3 aromatic heterocycles. The predicted octanol–water partition coefficient (Wildman–Crippen LogP) is 0.282. The third-order valence-electron chi connectivity index (χ3n) is 3.17. The highest BCUT2D eigenvalue weighted by Gasteiger charge is 2.09. The summed E-state index contributed by atoms with van der Waals surface area (Å²) in [5, 5.41) is 13.7. The lowest BCUT2D eigenvalue weighted by atomic mass is 10.2. The monoisotopic (exact) mass is 332 g/mol. The molecule has 1 amide bonds. The lowest BCUT2D eigenvalue weighted by Gasteiger charge is -2.07. The molecule has 118 valence electrons. The Kier molecular flexibility index (Phi) is 3.94.